The van der Waals surface area contributed by atoms with Crippen molar-refractivity contribution in [1.82, 2.24) is 9.88 Å². The number of pyridine rings is 1. The maximum absolute atomic E-state index is 13.3. The van der Waals surface area contributed by atoms with Crippen LogP contribution in [0, 0.1) is 0 Å². The predicted molar refractivity (Wildman–Crippen MR) is 139 cm³/mol. The van der Waals surface area contributed by atoms with E-state index >= 15 is 0 Å². The molecule has 1 amide bonds. The summed E-state index contributed by atoms with van der Waals surface area (Å²) in [6.07, 6.45) is 4.96. The van der Waals surface area contributed by atoms with Gasteiger partial charge >= 0.3 is 0 Å². The molecule has 0 radical (unpaired) electrons. The third-order valence-corrected chi connectivity index (χ3v) is 6.20. The van der Waals surface area contributed by atoms with Crippen LogP contribution in [0.5, 0.6) is 5.75 Å². The zero-order chi connectivity index (χ0) is 25.9. The molecule has 3 aromatic rings. The molecule has 0 aliphatic carbocycles. The Morgan fingerprint density at radius 1 is 1.08 bits per heavy atom. The molecule has 1 fully saturated rings. The fraction of sp³-hybridized carbons (Fsp3) is 0.233. The zero-order valence-corrected chi connectivity index (χ0v) is 20.8. The Balaban J connectivity index is 1.80. The molecule has 0 spiro atoms. The molecule has 1 aliphatic rings. The van der Waals surface area contributed by atoms with Crippen molar-refractivity contribution in [3.8, 4) is 5.75 Å². The Labute approximate surface area is 211 Å². The van der Waals surface area contributed by atoms with Crippen LogP contribution < -0.4 is 4.74 Å². The van der Waals surface area contributed by atoms with Crippen molar-refractivity contribution in [2.45, 2.75) is 38.8 Å². The molecule has 6 heteroatoms. The van der Waals surface area contributed by atoms with Gasteiger partial charge in [-0.3, -0.25) is 14.6 Å². The standard InChI is InChI=1S/C30H30N2O4/c1-5-17-36-24-14-10-22(11-15-24)27(33)25-26(21-8-12-23(13-9-21)30(2,3)4)32(29(35)28(25)34)19-20-7-6-16-31-18-20/h5-16,18,26,33H,1,17,19H2,2-4H3/t26-/m0/s1. The number of likely N-dealkylation sites (tertiary alicyclic amines) is 1. The molecule has 4 rings (SSSR count). The van der Waals surface area contributed by atoms with Crippen LogP contribution >= 0.6 is 0 Å². The first-order valence-corrected chi connectivity index (χ1v) is 11.8. The second-order valence-electron chi connectivity index (χ2n) is 9.78. The Morgan fingerprint density at radius 2 is 1.78 bits per heavy atom. The average Bonchev–Trinajstić information content (AvgIpc) is 3.12. The van der Waals surface area contributed by atoms with Gasteiger partial charge in [-0.15, -0.1) is 0 Å². The molecule has 0 bridgehead atoms. The van der Waals surface area contributed by atoms with Crippen LogP contribution in [0.2, 0.25) is 0 Å². The van der Waals surface area contributed by atoms with E-state index in [1.807, 2.05) is 30.3 Å². The number of ketones is 1. The Hall–Kier alpha value is -4.19. The normalized spacial score (nSPS) is 17.3. The molecule has 2 heterocycles. The number of rotatable bonds is 7. The molecule has 1 atom stereocenters. The van der Waals surface area contributed by atoms with Crippen LogP contribution in [0.3, 0.4) is 0 Å². The fourth-order valence-electron chi connectivity index (χ4n) is 4.26. The maximum atomic E-state index is 13.3. The van der Waals surface area contributed by atoms with Crippen molar-refractivity contribution < 1.29 is 19.4 Å². The van der Waals surface area contributed by atoms with E-state index in [2.05, 4.69) is 32.3 Å². The predicted octanol–water partition coefficient (Wildman–Crippen LogP) is 5.57. The van der Waals surface area contributed by atoms with Crippen LogP contribution in [0.25, 0.3) is 5.76 Å². The Bertz CT molecular complexity index is 1290. The van der Waals surface area contributed by atoms with E-state index in [0.29, 0.717) is 17.9 Å². The van der Waals surface area contributed by atoms with Crippen LogP contribution in [0.1, 0.15) is 49.1 Å². The van der Waals surface area contributed by atoms with Crippen molar-refractivity contribution in [3.63, 3.8) is 0 Å². The molecule has 1 aromatic heterocycles. The van der Waals surface area contributed by atoms with Gasteiger partial charge in [0, 0.05) is 24.5 Å². The van der Waals surface area contributed by atoms with E-state index in [4.69, 9.17) is 4.74 Å². The summed E-state index contributed by atoms with van der Waals surface area (Å²) < 4.78 is 5.52. The van der Waals surface area contributed by atoms with E-state index in [9.17, 15) is 14.7 Å². The quantitative estimate of drug-likeness (QED) is 0.206. The third kappa shape index (κ3) is 5.08. The van der Waals surface area contributed by atoms with Gasteiger partial charge in [-0.25, -0.2) is 0 Å². The van der Waals surface area contributed by atoms with Gasteiger partial charge in [0.1, 0.15) is 18.1 Å². The summed E-state index contributed by atoms with van der Waals surface area (Å²) in [5.41, 5.74) is 3.11. The van der Waals surface area contributed by atoms with Gasteiger partial charge in [0.2, 0.25) is 0 Å². The summed E-state index contributed by atoms with van der Waals surface area (Å²) in [5, 5.41) is 11.3. The first kappa shape index (κ1) is 24.9. The molecule has 1 saturated heterocycles. The molecule has 184 valence electrons. The number of carbonyl (C=O) groups excluding carboxylic acids is 2. The van der Waals surface area contributed by atoms with E-state index in [0.717, 1.165) is 16.7 Å². The van der Waals surface area contributed by atoms with Gasteiger partial charge in [0.05, 0.1) is 11.6 Å². The van der Waals surface area contributed by atoms with Gasteiger partial charge in [-0.2, -0.15) is 0 Å². The number of carbonyl (C=O) groups is 2. The van der Waals surface area contributed by atoms with Crippen LogP contribution in [0.4, 0.5) is 0 Å². The van der Waals surface area contributed by atoms with Crippen molar-refractivity contribution in [2.24, 2.45) is 0 Å². The summed E-state index contributed by atoms with van der Waals surface area (Å²) in [7, 11) is 0. The van der Waals surface area contributed by atoms with Crippen LogP contribution in [-0.2, 0) is 21.5 Å². The summed E-state index contributed by atoms with van der Waals surface area (Å²) in [6.45, 7) is 10.5. The monoisotopic (exact) mass is 482 g/mol. The molecular formula is C30H30N2O4. The third-order valence-electron chi connectivity index (χ3n) is 6.20. The highest BCUT2D eigenvalue weighted by molar-refractivity contribution is 6.46. The van der Waals surface area contributed by atoms with Crippen LogP contribution in [0.15, 0.2) is 91.3 Å². The van der Waals surface area contributed by atoms with E-state index in [1.54, 1.807) is 48.8 Å². The smallest absolute Gasteiger partial charge is 0.295 e. The number of hydrogen-bond acceptors (Lipinski definition) is 5. The van der Waals surface area contributed by atoms with Crippen molar-refractivity contribution in [1.29, 1.82) is 0 Å². The highest BCUT2D eigenvalue weighted by Crippen LogP contribution is 2.41. The topological polar surface area (TPSA) is 79.7 Å². The number of amides is 1. The lowest BCUT2D eigenvalue weighted by Gasteiger charge is -2.26. The van der Waals surface area contributed by atoms with E-state index in [1.165, 1.54) is 4.90 Å². The number of Topliss-reactive ketones (excluding diaryl/α,β-unsaturated/α-hetero) is 1. The first-order valence-electron chi connectivity index (χ1n) is 11.8. The first-order chi connectivity index (χ1) is 17.2. The number of benzene rings is 2. The number of nitrogens with zero attached hydrogens (tertiary/aromatic N) is 2. The van der Waals surface area contributed by atoms with E-state index < -0.39 is 17.7 Å². The van der Waals surface area contributed by atoms with Crippen molar-refractivity contribution >= 4 is 17.4 Å². The molecule has 0 unspecified atom stereocenters. The van der Waals surface area contributed by atoms with Gasteiger partial charge in [-0.05, 0) is 52.4 Å². The highest BCUT2D eigenvalue weighted by Gasteiger charge is 2.46. The Morgan fingerprint density at radius 3 is 2.36 bits per heavy atom. The minimum Gasteiger partial charge on any atom is -0.507 e. The van der Waals surface area contributed by atoms with Gasteiger partial charge in [-0.1, -0.05) is 63.8 Å². The van der Waals surface area contributed by atoms with Gasteiger partial charge in [0.15, 0.2) is 0 Å². The number of aliphatic hydroxyl groups is 1. The molecule has 36 heavy (non-hydrogen) atoms. The number of ether oxygens (including phenoxy) is 1. The van der Waals surface area contributed by atoms with Crippen molar-refractivity contribution in [3.05, 3.63) is 114 Å². The molecule has 6 nitrogen and oxygen atoms in total. The minimum absolute atomic E-state index is 0.0501. The lowest BCUT2D eigenvalue weighted by Crippen LogP contribution is -2.29. The highest BCUT2D eigenvalue weighted by atomic mass is 16.5. The SMILES string of the molecule is C=CCOc1ccc(C(O)=C2C(=O)C(=O)N(Cc3cccnc3)[C@H]2c2ccc(C(C)(C)C)cc2)cc1. The maximum Gasteiger partial charge on any atom is 0.295 e. The molecule has 1 N–H and O–H groups in total. The van der Waals surface area contributed by atoms with Gasteiger partial charge < -0.3 is 14.7 Å². The summed E-state index contributed by atoms with van der Waals surface area (Å²) in [5.74, 6) is -0.982. The molecule has 0 saturated carbocycles. The van der Waals surface area contributed by atoms with Crippen molar-refractivity contribution in [2.75, 3.05) is 6.61 Å². The Kier molecular flexibility index (Phi) is 7.06. The molecular weight excluding hydrogens is 452 g/mol. The second kappa shape index (κ2) is 10.2. The second-order valence-corrected chi connectivity index (χ2v) is 9.78. The lowest BCUT2D eigenvalue weighted by atomic mass is 9.85. The summed E-state index contributed by atoms with van der Waals surface area (Å²) in [6, 6.07) is 17.5. The number of aliphatic hydroxyl groups excluding tert-OH is 1. The summed E-state index contributed by atoms with van der Waals surface area (Å²) in [4.78, 5) is 32.1. The van der Waals surface area contributed by atoms with E-state index in [-0.39, 0.29) is 23.3 Å². The summed E-state index contributed by atoms with van der Waals surface area (Å²) >= 11 is 0. The average molecular weight is 483 g/mol. The van der Waals surface area contributed by atoms with Gasteiger partial charge in [0.25, 0.3) is 11.7 Å². The van der Waals surface area contributed by atoms with Crippen LogP contribution in [-0.4, -0.2) is 33.3 Å². The lowest BCUT2D eigenvalue weighted by molar-refractivity contribution is -0.140. The zero-order valence-electron chi connectivity index (χ0n) is 20.8. The number of aromatic nitrogens is 1. The number of hydrogen-bond donors (Lipinski definition) is 1. The molecule has 2 aromatic carbocycles. The largest absolute Gasteiger partial charge is 0.507 e. The minimum atomic E-state index is -0.740. The molecule has 1 aliphatic heterocycles. The fourth-order valence-corrected chi connectivity index (χ4v) is 4.26.